The molecule has 2 unspecified atom stereocenters. The summed E-state index contributed by atoms with van der Waals surface area (Å²) in [5.74, 6) is 0.271. The molecule has 0 aromatic heterocycles. The van der Waals surface area contributed by atoms with Crippen molar-refractivity contribution in [2.75, 3.05) is 6.54 Å². The fraction of sp³-hybridized carbons (Fsp3) is 0.818. The minimum atomic E-state index is 0.0765. The predicted molar refractivity (Wildman–Crippen MR) is 58.2 cm³/mol. The molecule has 15 heavy (non-hydrogen) atoms. The molecule has 1 heterocycles. The third-order valence-corrected chi connectivity index (χ3v) is 2.78. The van der Waals surface area contributed by atoms with E-state index in [0.717, 1.165) is 19.3 Å². The Balaban J connectivity index is 2.28. The Hall–Kier alpha value is -1.06. The normalized spacial score (nSPS) is 23.1. The van der Waals surface area contributed by atoms with Gasteiger partial charge in [-0.05, 0) is 12.8 Å². The largest absolute Gasteiger partial charge is 0.354 e. The molecule has 4 nitrogen and oxygen atoms in total. The highest BCUT2D eigenvalue weighted by Crippen LogP contribution is 2.08. The van der Waals surface area contributed by atoms with Crippen LogP contribution in [0.2, 0.25) is 0 Å². The number of piperidine rings is 1. The molecule has 2 atom stereocenters. The van der Waals surface area contributed by atoms with E-state index in [0.29, 0.717) is 13.0 Å². The lowest BCUT2D eigenvalue weighted by Crippen LogP contribution is -2.48. The van der Waals surface area contributed by atoms with E-state index in [4.69, 9.17) is 0 Å². The summed E-state index contributed by atoms with van der Waals surface area (Å²) in [5, 5.41) is 5.73. The molecule has 1 fully saturated rings. The molecule has 1 saturated heterocycles. The molecule has 86 valence electrons. The van der Waals surface area contributed by atoms with Crippen LogP contribution in [-0.4, -0.2) is 24.4 Å². The smallest absolute Gasteiger partial charge is 0.223 e. The number of carbonyl (C=O) groups excluding carboxylic acids is 2. The van der Waals surface area contributed by atoms with E-state index in [2.05, 4.69) is 17.6 Å². The first-order valence-corrected chi connectivity index (χ1v) is 5.70. The number of nitrogens with one attached hydrogen (secondary N) is 2. The fourth-order valence-corrected chi connectivity index (χ4v) is 1.76. The molecule has 1 aliphatic heterocycles. The SMILES string of the molecule is CCCC(C)C(=O)NC1CCC(=O)NC1. The molecule has 0 radical (unpaired) electrons. The Labute approximate surface area is 90.8 Å². The van der Waals surface area contributed by atoms with Crippen LogP contribution in [0.25, 0.3) is 0 Å². The van der Waals surface area contributed by atoms with Gasteiger partial charge in [0.2, 0.25) is 11.8 Å². The highest BCUT2D eigenvalue weighted by Gasteiger charge is 2.21. The Morgan fingerprint density at radius 3 is 2.93 bits per heavy atom. The van der Waals surface area contributed by atoms with Crippen molar-refractivity contribution in [3.8, 4) is 0 Å². The molecule has 0 aromatic carbocycles. The van der Waals surface area contributed by atoms with Gasteiger partial charge in [-0.25, -0.2) is 0 Å². The molecule has 4 heteroatoms. The van der Waals surface area contributed by atoms with Gasteiger partial charge in [0.25, 0.3) is 0 Å². The zero-order chi connectivity index (χ0) is 11.3. The second-order valence-electron chi connectivity index (χ2n) is 4.24. The summed E-state index contributed by atoms with van der Waals surface area (Å²) in [6.07, 6.45) is 3.23. The van der Waals surface area contributed by atoms with Crippen molar-refractivity contribution in [2.45, 2.75) is 45.6 Å². The van der Waals surface area contributed by atoms with E-state index >= 15 is 0 Å². The summed E-state index contributed by atoms with van der Waals surface area (Å²) < 4.78 is 0. The van der Waals surface area contributed by atoms with E-state index in [-0.39, 0.29) is 23.8 Å². The van der Waals surface area contributed by atoms with Gasteiger partial charge in [0, 0.05) is 24.9 Å². The maximum absolute atomic E-state index is 11.7. The topological polar surface area (TPSA) is 58.2 Å². The summed E-state index contributed by atoms with van der Waals surface area (Å²) in [6.45, 7) is 4.59. The predicted octanol–water partition coefficient (Wildman–Crippen LogP) is 0.817. The van der Waals surface area contributed by atoms with Crippen molar-refractivity contribution in [3.05, 3.63) is 0 Å². The van der Waals surface area contributed by atoms with Gasteiger partial charge in [-0.15, -0.1) is 0 Å². The number of rotatable bonds is 4. The Morgan fingerprint density at radius 1 is 1.67 bits per heavy atom. The van der Waals surface area contributed by atoms with Crippen LogP contribution in [0, 0.1) is 5.92 Å². The molecule has 0 aliphatic carbocycles. The Kier molecular flexibility index (Phi) is 4.59. The molecule has 1 rings (SSSR count). The minimum absolute atomic E-state index is 0.0765. The van der Waals surface area contributed by atoms with Crippen LogP contribution < -0.4 is 10.6 Å². The second kappa shape index (κ2) is 5.73. The maximum Gasteiger partial charge on any atom is 0.223 e. The van der Waals surface area contributed by atoms with Gasteiger partial charge in [-0.1, -0.05) is 20.3 Å². The van der Waals surface area contributed by atoms with Crippen LogP contribution >= 0.6 is 0 Å². The van der Waals surface area contributed by atoms with E-state index in [1.807, 2.05) is 6.92 Å². The lowest BCUT2D eigenvalue weighted by molar-refractivity contribution is -0.127. The average molecular weight is 212 g/mol. The molecular formula is C11H20N2O2. The summed E-state index contributed by atoms with van der Waals surface area (Å²) in [7, 11) is 0. The van der Waals surface area contributed by atoms with Crippen molar-refractivity contribution >= 4 is 11.8 Å². The van der Waals surface area contributed by atoms with Gasteiger partial charge < -0.3 is 10.6 Å². The van der Waals surface area contributed by atoms with E-state index in [1.54, 1.807) is 0 Å². The first-order valence-electron chi connectivity index (χ1n) is 5.70. The maximum atomic E-state index is 11.7. The van der Waals surface area contributed by atoms with Crippen LogP contribution in [0.15, 0.2) is 0 Å². The second-order valence-corrected chi connectivity index (χ2v) is 4.24. The number of amides is 2. The Morgan fingerprint density at radius 2 is 2.40 bits per heavy atom. The lowest BCUT2D eigenvalue weighted by Gasteiger charge is -2.24. The average Bonchev–Trinajstić information content (AvgIpc) is 2.22. The van der Waals surface area contributed by atoms with E-state index in [1.165, 1.54) is 0 Å². The van der Waals surface area contributed by atoms with Gasteiger partial charge >= 0.3 is 0 Å². The fourth-order valence-electron chi connectivity index (χ4n) is 1.76. The highest BCUT2D eigenvalue weighted by molar-refractivity contribution is 5.80. The van der Waals surface area contributed by atoms with Gasteiger partial charge in [-0.2, -0.15) is 0 Å². The van der Waals surface area contributed by atoms with Gasteiger partial charge in [0.1, 0.15) is 0 Å². The van der Waals surface area contributed by atoms with Crippen molar-refractivity contribution in [3.63, 3.8) is 0 Å². The van der Waals surface area contributed by atoms with Gasteiger partial charge in [0.05, 0.1) is 0 Å². The van der Waals surface area contributed by atoms with Crippen LogP contribution in [0.3, 0.4) is 0 Å². The first kappa shape index (κ1) is 12.0. The van der Waals surface area contributed by atoms with E-state index < -0.39 is 0 Å². The Bertz CT molecular complexity index is 231. The zero-order valence-corrected chi connectivity index (χ0v) is 9.51. The van der Waals surface area contributed by atoms with E-state index in [9.17, 15) is 9.59 Å². The minimum Gasteiger partial charge on any atom is -0.354 e. The number of hydrogen-bond donors (Lipinski definition) is 2. The molecule has 2 N–H and O–H groups in total. The third-order valence-electron chi connectivity index (χ3n) is 2.78. The number of hydrogen-bond acceptors (Lipinski definition) is 2. The van der Waals surface area contributed by atoms with Gasteiger partial charge in [-0.3, -0.25) is 9.59 Å². The van der Waals surface area contributed by atoms with Crippen LogP contribution in [0.5, 0.6) is 0 Å². The summed E-state index contributed by atoms with van der Waals surface area (Å²) in [4.78, 5) is 22.6. The molecule has 0 spiro atoms. The molecule has 0 saturated carbocycles. The zero-order valence-electron chi connectivity index (χ0n) is 9.51. The molecule has 1 aliphatic rings. The summed E-state index contributed by atoms with van der Waals surface area (Å²) in [6, 6.07) is 0.120. The summed E-state index contributed by atoms with van der Waals surface area (Å²) >= 11 is 0. The number of carbonyl (C=O) groups is 2. The first-order chi connectivity index (χ1) is 7.13. The van der Waals surface area contributed by atoms with Crippen LogP contribution in [0.4, 0.5) is 0 Å². The monoisotopic (exact) mass is 212 g/mol. The molecule has 2 amide bonds. The standard InChI is InChI=1S/C11H20N2O2/c1-3-4-8(2)11(15)13-9-5-6-10(14)12-7-9/h8-9H,3-7H2,1-2H3,(H,12,14)(H,13,15). The van der Waals surface area contributed by atoms with Crippen LogP contribution in [-0.2, 0) is 9.59 Å². The third kappa shape index (κ3) is 3.90. The lowest BCUT2D eigenvalue weighted by atomic mass is 10.0. The van der Waals surface area contributed by atoms with Crippen LogP contribution in [0.1, 0.15) is 39.5 Å². The van der Waals surface area contributed by atoms with Crippen molar-refractivity contribution in [1.29, 1.82) is 0 Å². The quantitative estimate of drug-likeness (QED) is 0.724. The molecule has 0 bridgehead atoms. The van der Waals surface area contributed by atoms with Crippen molar-refractivity contribution in [2.24, 2.45) is 5.92 Å². The molecular weight excluding hydrogens is 192 g/mol. The highest BCUT2D eigenvalue weighted by atomic mass is 16.2. The van der Waals surface area contributed by atoms with Crippen molar-refractivity contribution < 1.29 is 9.59 Å². The van der Waals surface area contributed by atoms with Crippen molar-refractivity contribution in [1.82, 2.24) is 10.6 Å². The molecule has 0 aromatic rings. The van der Waals surface area contributed by atoms with Gasteiger partial charge in [0.15, 0.2) is 0 Å². The summed E-state index contributed by atoms with van der Waals surface area (Å²) in [5.41, 5.74) is 0.